The maximum absolute atomic E-state index is 13.1. The minimum absolute atomic E-state index is 0.0230. The van der Waals surface area contributed by atoms with Gasteiger partial charge in [-0.25, -0.2) is 0 Å². The number of carbonyl (C=O) groups is 1. The van der Waals surface area contributed by atoms with Gasteiger partial charge in [0, 0.05) is 45.3 Å². The largest absolute Gasteiger partial charge is 0.486 e. The molecule has 1 amide bonds. The molecule has 0 bridgehead atoms. The lowest BCUT2D eigenvalue weighted by Crippen LogP contribution is -2.49. The van der Waals surface area contributed by atoms with E-state index in [1.165, 1.54) is 0 Å². The van der Waals surface area contributed by atoms with Crippen molar-refractivity contribution in [2.45, 2.75) is 0 Å². The van der Waals surface area contributed by atoms with E-state index in [0.29, 0.717) is 56.5 Å². The van der Waals surface area contributed by atoms with Gasteiger partial charge in [0.25, 0.3) is 5.91 Å². The second kappa shape index (κ2) is 8.35. The summed E-state index contributed by atoms with van der Waals surface area (Å²) in [5.74, 6) is 2.02. The molecule has 0 atom stereocenters. The number of piperazine rings is 1. The fraction of sp³-hybridized carbons (Fsp3) is 0.476. The standard InChI is InChI=1S/C21H25N5O4/c27-21(17-2-1-3-18-20(17)30-13-12-29-18)26-6-4-25(5-7-26)19-14-16(15-22-23-19)24-8-10-28-11-9-24/h1-3,14-15H,4-13H2. The van der Waals surface area contributed by atoms with E-state index >= 15 is 0 Å². The number of para-hydroxylation sites is 1. The average Bonchev–Trinajstić information content (AvgIpc) is 2.84. The van der Waals surface area contributed by atoms with Gasteiger partial charge < -0.3 is 28.9 Å². The maximum Gasteiger partial charge on any atom is 0.257 e. The van der Waals surface area contributed by atoms with Gasteiger partial charge >= 0.3 is 0 Å². The van der Waals surface area contributed by atoms with E-state index in [-0.39, 0.29) is 5.91 Å². The quantitative estimate of drug-likeness (QED) is 0.742. The molecular formula is C21H25N5O4. The number of benzene rings is 1. The van der Waals surface area contributed by atoms with Gasteiger partial charge in [-0.1, -0.05) is 6.07 Å². The summed E-state index contributed by atoms with van der Waals surface area (Å²) in [5, 5.41) is 8.52. The predicted octanol–water partition coefficient (Wildman–Crippen LogP) is 1.05. The number of hydrogen-bond donors (Lipinski definition) is 0. The summed E-state index contributed by atoms with van der Waals surface area (Å²) in [6.45, 7) is 6.81. The van der Waals surface area contributed by atoms with Crippen molar-refractivity contribution in [3.05, 3.63) is 36.0 Å². The summed E-state index contributed by atoms with van der Waals surface area (Å²) in [6.07, 6.45) is 1.80. The Labute approximate surface area is 175 Å². The molecule has 30 heavy (non-hydrogen) atoms. The Balaban J connectivity index is 1.25. The fourth-order valence-corrected chi connectivity index (χ4v) is 4.05. The lowest BCUT2D eigenvalue weighted by molar-refractivity contribution is 0.0736. The number of rotatable bonds is 3. The third-order valence-electron chi connectivity index (χ3n) is 5.69. The molecule has 0 unspecified atom stereocenters. The Bertz CT molecular complexity index is 910. The van der Waals surface area contributed by atoms with Crippen molar-refractivity contribution in [1.82, 2.24) is 15.1 Å². The van der Waals surface area contributed by atoms with Gasteiger partial charge in [0.05, 0.1) is 30.7 Å². The van der Waals surface area contributed by atoms with Crippen LogP contribution in [-0.2, 0) is 4.74 Å². The normalized spacial score (nSPS) is 19.0. The van der Waals surface area contributed by atoms with Crippen molar-refractivity contribution in [2.75, 3.05) is 75.5 Å². The molecule has 3 aliphatic heterocycles. The van der Waals surface area contributed by atoms with Gasteiger partial charge in [-0.3, -0.25) is 4.79 Å². The molecule has 5 rings (SSSR count). The van der Waals surface area contributed by atoms with Crippen LogP contribution in [0, 0.1) is 0 Å². The molecule has 0 aliphatic carbocycles. The molecule has 1 aromatic carbocycles. The van der Waals surface area contributed by atoms with Crippen LogP contribution in [0.4, 0.5) is 11.5 Å². The molecule has 9 nitrogen and oxygen atoms in total. The van der Waals surface area contributed by atoms with E-state index in [1.54, 1.807) is 12.3 Å². The van der Waals surface area contributed by atoms with Crippen LogP contribution in [-0.4, -0.2) is 86.7 Å². The highest BCUT2D eigenvalue weighted by Crippen LogP contribution is 2.34. The molecule has 9 heteroatoms. The highest BCUT2D eigenvalue weighted by molar-refractivity contribution is 5.98. The average molecular weight is 411 g/mol. The first kappa shape index (κ1) is 18.9. The Hall–Kier alpha value is -3.07. The highest BCUT2D eigenvalue weighted by Gasteiger charge is 2.28. The van der Waals surface area contributed by atoms with E-state index in [9.17, 15) is 4.79 Å². The number of carbonyl (C=O) groups excluding carboxylic acids is 1. The van der Waals surface area contributed by atoms with Gasteiger partial charge in [-0.2, -0.15) is 5.10 Å². The zero-order valence-electron chi connectivity index (χ0n) is 16.8. The summed E-state index contributed by atoms with van der Waals surface area (Å²) >= 11 is 0. The van der Waals surface area contributed by atoms with Crippen LogP contribution in [0.15, 0.2) is 30.5 Å². The van der Waals surface area contributed by atoms with E-state index in [4.69, 9.17) is 14.2 Å². The Kier molecular flexibility index (Phi) is 5.27. The number of amides is 1. The third kappa shape index (κ3) is 3.72. The SMILES string of the molecule is O=C(c1cccc2c1OCCO2)N1CCN(c2cc(N3CCOCC3)cnn2)CC1. The van der Waals surface area contributed by atoms with E-state index in [1.807, 2.05) is 17.0 Å². The molecule has 0 saturated carbocycles. The van der Waals surface area contributed by atoms with E-state index in [2.05, 4.69) is 26.1 Å². The molecule has 4 heterocycles. The van der Waals surface area contributed by atoms with Crippen molar-refractivity contribution >= 4 is 17.4 Å². The maximum atomic E-state index is 13.1. The lowest BCUT2D eigenvalue weighted by atomic mass is 10.1. The summed E-state index contributed by atoms with van der Waals surface area (Å²) in [4.78, 5) is 19.4. The minimum atomic E-state index is -0.0230. The van der Waals surface area contributed by atoms with Gasteiger partial charge in [0.15, 0.2) is 17.3 Å². The highest BCUT2D eigenvalue weighted by atomic mass is 16.6. The van der Waals surface area contributed by atoms with Crippen LogP contribution in [0.25, 0.3) is 0 Å². The number of aromatic nitrogens is 2. The topological polar surface area (TPSA) is 80.3 Å². The molecule has 2 saturated heterocycles. The van der Waals surface area contributed by atoms with Crippen LogP contribution in [0.3, 0.4) is 0 Å². The van der Waals surface area contributed by atoms with Crippen LogP contribution < -0.4 is 19.3 Å². The minimum Gasteiger partial charge on any atom is -0.486 e. The van der Waals surface area contributed by atoms with Crippen molar-refractivity contribution < 1.29 is 19.0 Å². The summed E-state index contributed by atoms with van der Waals surface area (Å²) < 4.78 is 16.8. The van der Waals surface area contributed by atoms with Crippen LogP contribution in [0.5, 0.6) is 11.5 Å². The van der Waals surface area contributed by atoms with Crippen molar-refractivity contribution in [3.8, 4) is 11.5 Å². The second-order valence-electron chi connectivity index (χ2n) is 7.48. The Morgan fingerprint density at radius 2 is 1.70 bits per heavy atom. The number of anilines is 2. The van der Waals surface area contributed by atoms with Gasteiger partial charge in [0.1, 0.15) is 13.2 Å². The first-order chi connectivity index (χ1) is 14.8. The smallest absolute Gasteiger partial charge is 0.257 e. The number of nitrogens with zero attached hydrogens (tertiary/aromatic N) is 5. The molecule has 0 radical (unpaired) electrons. The fourth-order valence-electron chi connectivity index (χ4n) is 4.05. The Morgan fingerprint density at radius 1 is 0.900 bits per heavy atom. The van der Waals surface area contributed by atoms with Gasteiger partial charge in [0.2, 0.25) is 0 Å². The Morgan fingerprint density at radius 3 is 2.53 bits per heavy atom. The first-order valence-electron chi connectivity index (χ1n) is 10.4. The van der Waals surface area contributed by atoms with Crippen molar-refractivity contribution in [2.24, 2.45) is 0 Å². The van der Waals surface area contributed by atoms with E-state index < -0.39 is 0 Å². The zero-order chi connectivity index (χ0) is 20.3. The van der Waals surface area contributed by atoms with Crippen LogP contribution >= 0.6 is 0 Å². The van der Waals surface area contributed by atoms with Crippen LogP contribution in [0.2, 0.25) is 0 Å². The predicted molar refractivity (Wildman–Crippen MR) is 111 cm³/mol. The zero-order valence-corrected chi connectivity index (χ0v) is 16.8. The number of morpholine rings is 1. The van der Waals surface area contributed by atoms with Crippen molar-refractivity contribution in [3.63, 3.8) is 0 Å². The molecule has 2 aromatic rings. The van der Waals surface area contributed by atoms with Crippen LogP contribution in [0.1, 0.15) is 10.4 Å². The molecule has 0 spiro atoms. The van der Waals surface area contributed by atoms with E-state index in [0.717, 1.165) is 37.8 Å². The number of fused-ring (bicyclic) bond motifs is 1. The monoisotopic (exact) mass is 411 g/mol. The summed E-state index contributed by atoms with van der Waals surface area (Å²) in [5.41, 5.74) is 1.63. The second-order valence-corrected chi connectivity index (χ2v) is 7.48. The summed E-state index contributed by atoms with van der Waals surface area (Å²) in [7, 11) is 0. The van der Waals surface area contributed by atoms with Crippen molar-refractivity contribution in [1.29, 1.82) is 0 Å². The first-order valence-corrected chi connectivity index (χ1v) is 10.4. The molecule has 0 N–H and O–H groups in total. The van der Waals surface area contributed by atoms with Gasteiger partial charge in [-0.05, 0) is 12.1 Å². The molecule has 3 aliphatic rings. The summed E-state index contributed by atoms with van der Waals surface area (Å²) in [6, 6.07) is 7.56. The molecule has 1 aromatic heterocycles. The molecule has 2 fully saturated rings. The lowest BCUT2D eigenvalue weighted by Gasteiger charge is -2.36. The number of ether oxygens (including phenoxy) is 3. The third-order valence-corrected chi connectivity index (χ3v) is 5.69. The van der Waals surface area contributed by atoms with Gasteiger partial charge in [-0.15, -0.1) is 5.10 Å². The number of hydrogen-bond acceptors (Lipinski definition) is 8. The molecule has 158 valence electrons. The molecular weight excluding hydrogens is 386 g/mol.